The third-order valence-electron chi connectivity index (χ3n) is 4.97. The Morgan fingerprint density at radius 1 is 1.24 bits per heavy atom. The summed E-state index contributed by atoms with van der Waals surface area (Å²) in [7, 11) is 0. The number of benzene rings is 1. The number of halogens is 1. The van der Waals surface area contributed by atoms with E-state index < -0.39 is 17.5 Å². The normalized spacial score (nSPS) is 23.2. The summed E-state index contributed by atoms with van der Waals surface area (Å²) in [4.78, 5) is 26.2. The molecule has 2 aliphatic rings. The van der Waals surface area contributed by atoms with Crippen molar-refractivity contribution in [2.24, 2.45) is 0 Å². The first-order valence-corrected chi connectivity index (χ1v) is 8.86. The number of carboxylic acids is 1. The standard InChI is InChI=1S/C18H22ClNO5/c19-15-4-2-1-3-14(15)18(5-8-24-9-6-18)17(23)20-7-10-25-13(12-20)11-16(21)22/h1-4,13H,5-12H2,(H,21,22)/t13-/m1/s1. The lowest BCUT2D eigenvalue weighted by atomic mass is 9.72. The number of rotatable bonds is 4. The molecule has 136 valence electrons. The van der Waals surface area contributed by atoms with Crippen LogP contribution in [0.15, 0.2) is 24.3 Å². The Bertz CT molecular complexity index is 644. The van der Waals surface area contributed by atoms with E-state index in [2.05, 4.69) is 0 Å². The summed E-state index contributed by atoms with van der Waals surface area (Å²) in [5.41, 5.74) is 0.105. The molecule has 2 heterocycles. The fourth-order valence-electron chi connectivity index (χ4n) is 3.69. The predicted molar refractivity (Wildman–Crippen MR) is 91.8 cm³/mol. The lowest BCUT2D eigenvalue weighted by molar-refractivity contribution is -0.153. The quantitative estimate of drug-likeness (QED) is 0.881. The SMILES string of the molecule is O=C(O)C[C@@H]1CN(C(=O)C2(c3ccccc3Cl)CCOCC2)CCO1. The molecule has 1 amide bonds. The van der Waals surface area contributed by atoms with Crippen LogP contribution in [0.3, 0.4) is 0 Å². The number of ether oxygens (including phenoxy) is 2. The summed E-state index contributed by atoms with van der Waals surface area (Å²) >= 11 is 6.41. The van der Waals surface area contributed by atoms with Crippen molar-refractivity contribution in [3.05, 3.63) is 34.9 Å². The molecule has 0 spiro atoms. The van der Waals surface area contributed by atoms with Crippen molar-refractivity contribution < 1.29 is 24.2 Å². The van der Waals surface area contributed by atoms with Gasteiger partial charge in [0, 0.05) is 31.3 Å². The molecule has 1 aromatic rings. The summed E-state index contributed by atoms with van der Waals surface area (Å²) in [6.07, 6.45) is 0.553. The summed E-state index contributed by atoms with van der Waals surface area (Å²) < 4.78 is 11.0. The van der Waals surface area contributed by atoms with Gasteiger partial charge in [-0.25, -0.2) is 0 Å². The van der Waals surface area contributed by atoms with E-state index in [1.807, 2.05) is 18.2 Å². The molecular weight excluding hydrogens is 346 g/mol. The van der Waals surface area contributed by atoms with Gasteiger partial charge in [0.2, 0.25) is 5.91 Å². The lowest BCUT2D eigenvalue weighted by Gasteiger charge is -2.42. The highest BCUT2D eigenvalue weighted by molar-refractivity contribution is 6.31. The first-order valence-electron chi connectivity index (χ1n) is 8.48. The zero-order valence-corrected chi connectivity index (χ0v) is 14.7. The van der Waals surface area contributed by atoms with Crippen molar-refractivity contribution in [3.63, 3.8) is 0 Å². The van der Waals surface area contributed by atoms with E-state index in [9.17, 15) is 9.59 Å². The van der Waals surface area contributed by atoms with Crippen molar-refractivity contribution in [2.75, 3.05) is 32.9 Å². The van der Waals surface area contributed by atoms with Gasteiger partial charge in [-0.1, -0.05) is 29.8 Å². The first kappa shape index (κ1) is 18.2. The highest BCUT2D eigenvalue weighted by Gasteiger charge is 2.46. The molecule has 2 saturated heterocycles. The largest absolute Gasteiger partial charge is 0.481 e. The molecule has 3 rings (SSSR count). The van der Waals surface area contributed by atoms with Gasteiger partial charge in [-0.05, 0) is 24.5 Å². The minimum Gasteiger partial charge on any atom is -0.481 e. The molecule has 1 aromatic carbocycles. The first-order chi connectivity index (χ1) is 12.0. The van der Waals surface area contributed by atoms with Gasteiger partial charge in [-0.2, -0.15) is 0 Å². The van der Waals surface area contributed by atoms with Crippen LogP contribution in [-0.2, 0) is 24.5 Å². The fourth-order valence-corrected chi connectivity index (χ4v) is 4.01. The Morgan fingerprint density at radius 3 is 2.64 bits per heavy atom. The van der Waals surface area contributed by atoms with Gasteiger partial charge in [-0.3, -0.25) is 9.59 Å². The molecule has 2 fully saturated rings. The number of hydrogen-bond acceptors (Lipinski definition) is 4. The number of amides is 1. The maximum atomic E-state index is 13.5. The lowest BCUT2D eigenvalue weighted by Crippen LogP contribution is -2.55. The van der Waals surface area contributed by atoms with E-state index in [0.717, 1.165) is 5.56 Å². The van der Waals surface area contributed by atoms with Gasteiger partial charge >= 0.3 is 5.97 Å². The van der Waals surface area contributed by atoms with Gasteiger partial charge in [0.05, 0.1) is 24.5 Å². The highest BCUT2D eigenvalue weighted by atomic mass is 35.5. The maximum Gasteiger partial charge on any atom is 0.306 e. The number of carbonyl (C=O) groups excluding carboxylic acids is 1. The van der Waals surface area contributed by atoms with Crippen molar-refractivity contribution in [1.82, 2.24) is 4.90 Å². The second-order valence-electron chi connectivity index (χ2n) is 6.52. The Kier molecular flexibility index (Phi) is 5.61. The average molecular weight is 368 g/mol. The van der Waals surface area contributed by atoms with Crippen LogP contribution in [-0.4, -0.2) is 60.9 Å². The van der Waals surface area contributed by atoms with Crippen molar-refractivity contribution in [2.45, 2.75) is 30.8 Å². The minimum atomic E-state index is -0.925. The molecule has 7 heteroatoms. The van der Waals surface area contributed by atoms with Crippen LogP contribution >= 0.6 is 11.6 Å². The monoisotopic (exact) mass is 367 g/mol. The van der Waals surface area contributed by atoms with Crippen LogP contribution in [0.2, 0.25) is 5.02 Å². The molecule has 0 aromatic heterocycles. The van der Waals surface area contributed by atoms with Crippen molar-refractivity contribution in [1.29, 1.82) is 0 Å². The molecule has 1 N–H and O–H groups in total. The van der Waals surface area contributed by atoms with Crippen LogP contribution in [0, 0.1) is 0 Å². The Labute approximate surface area is 151 Å². The maximum absolute atomic E-state index is 13.5. The van der Waals surface area contributed by atoms with E-state index in [0.29, 0.717) is 44.2 Å². The second-order valence-corrected chi connectivity index (χ2v) is 6.92. The average Bonchev–Trinajstić information content (AvgIpc) is 2.62. The van der Waals surface area contributed by atoms with Gasteiger partial charge in [0.1, 0.15) is 0 Å². The molecule has 2 aliphatic heterocycles. The zero-order chi connectivity index (χ0) is 17.9. The topological polar surface area (TPSA) is 76.1 Å². The van der Waals surface area contributed by atoms with Gasteiger partial charge in [0.25, 0.3) is 0 Å². The number of nitrogens with zero attached hydrogens (tertiary/aromatic N) is 1. The summed E-state index contributed by atoms with van der Waals surface area (Å²) in [6, 6.07) is 7.44. The zero-order valence-electron chi connectivity index (χ0n) is 13.9. The summed E-state index contributed by atoms with van der Waals surface area (Å²) in [5.74, 6) is -0.936. The summed E-state index contributed by atoms with van der Waals surface area (Å²) in [5, 5.41) is 9.56. The van der Waals surface area contributed by atoms with Crippen molar-refractivity contribution >= 4 is 23.5 Å². The molecule has 0 aliphatic carbocycles. The van der Waals surface area contributed by atoms with E-state index in [4.69, 9.17) is 26.2 Å². The number of aliphatic carboxylic acids is 1. The highest BCUT2D eigenvalue weighted by Crippen LogP contribution is 2.40. The molecule has 25 heavy (non-hydrogen) atoms. The number of carboxylic acid groups (broad SMARTS) is 1. The third kappa shape index (κ3) is 3.81. The van der Waals surface area contributed by atoms with Crippen LogP contribution in [0.25, 0.3) is 0 Å². The molecule has 0 saturated carbocycles. The van der Waals surface area contributed by atoms with E-state index >= 15 is 0 Å². The molecule has 0 bridgehead atoms. The Morgan fingerprint density at radius 2 is 1.96 bits per heavy atom. The summed E-state index contributed by atoms with van der Waals surface area (Å²) in [6.45, 7) is 2.10. The Balaban J connectivity index is 1.87. The molecular formula is C18H22ClNO5. The van der Waals surface area contributed by atoms with Crippen LogP contribution in [0.5, 0.6) is 0 Å². The second kappa shape index (κ2) is 7.72. The van der Waals surface area contributed by atoms with Crippen LogP contribution in [0.4, 0.5) is 0 Å². The molecule has 6 nitrogen and oxygen atoms in total. The van der Waals surface area contributed by atoms with Gasteiger partial charge < -0.3 is 19.5 Å². The van der Waals surface area contributed by atoms with Gasteiger partial charge in [0.15, 0.2) is 0 Å². The van der Waals surface area contributed by atoms with E-state index in [1.54, 1.807) is 11.0 Å². The number of carbonyl (C=O) groups is 2. The minimum absolute atomic E-state index is 0.0115. The number of morpholine rings is 1. The predicted octanol–water partition coefficient (Wildman–Crippen LogP) is 2.09. The Hall–Kier alpha value is -1.63. The molecule has 1 atom stereocenters. The smallest absolute Gasteiger partial charge is 0.306 e. The molecule has 0 unspecified atom stereocenters. The number of hydrogen-bond donors (Lipinski definition) is 1. The third-order valence-corrected chi connectivity index (χ3v) is 5.30. The van der Waals surface area contributed by atoms with Gasteiger partial charge in [-0.15, -0.1) is 0 Å². The molecule has 0 radical (unpaired) electrons. The van der Waals surface area contributed by atoms with Crippen molar-refractivity contribution in [3.8, 4) is 0 Å². The van der Waals surface area contributed by atoms with E-state index in [-0.39, 0.29) is 18.9 Å². The van der Waals surface area contributed by atoms with E-state index in [1.165, 1.54) is 0 Å². The van der Waals surface area contributed by atoms with Crippen LogP contribution < -0.4 is 0 Å². The van der Waals surface area contributed by atoms with Crippen LogP contribution in [0.1, 0.15) is 24.8 Å². The fraction of sp³-hybridized carbons (Fsp3) is 0.556.